The number of nitrogens with one attached hydrogen (secondary N) is 1. The quantitative estimate of drug-likeness (QED) is 0.914. The van der Waals surface area contributed by atoms with Crippen LogP contribution in [0.1, 0.15) is 16.8 Å². The maximum Gasteiger partial charge on any atom is 0.259 e. The molecule has 19 heavy (non-hydrogen) atoms. The monoisotopic (exact) mass is 334 g/mol. The number of hydrogen-bond acceptors (Lipinski definition) is 2. The molecule has 1 aromatic rings. The first-order chi connectivity index (χ1) is 8.86. The summed E-state index contributed by atoms with van der Waals surface area (Å²) in [4.78, 5) is 24.0. The Kier molecular flexibility index (Phi) is 5.41. The van der Waals surface area contributed by atoms with Crippen molar-refractivity contribution in [3.8, 4) is 0 Å². The minimum atomic E-state index is -0.941. The second-order valence-corrected chi connectivity index (χ2v) is 4.81. The molecule has 0 aliphatic carbocycles. The molecule has 0 heterocycles. The van der Waals surface area contributed by atoms with Crippen LogP contribution in [0.15, 0.2) is 16.6 Å². The lowest BCUT2D eigenvalue weighted by atomic mass is 10.1. The third kappa shape index (κ3) is 3.99. The van der Waals surface area contributed by atoms with E-state index in [0.29, 0.717) is 0 Å². The number of hydrogen-bond donors (Lipinski definition) is 1. The standard InChI is InChI=1S/C12H13BrF2N2O2/c1-16-10(18)3-4-17(2)12(19)11-8(14)5-7(13)6-9(11)15/h5-6H,3-4H2,1-2H3,(H,16,18). The molecule has 0 atom stereocenters. The van der Waals surface area contributed by atoms with E-state index in [4.69, 9.17) is 0 Å². The summed E-state index contributed by atoms with van der Waals surface area (Å²) in [6.07, 6.45) is 0.0680. The van der Waals surface area contributed by atoms with Gasteiger partial charge in [-0.2, -0.15) is 0 Å². The van der Waals surface area contributed by atoms with Crippen LogP contribution in [0.4, 0.5) is 8.78 Å². The van der Waals surface area contributed by atoms with E-state index in [1.807, 2.05) is 0 Å². The van der Waals surface area contributed by atoms with Crippen LogP contribution in [-0.2, 0) is 4.79 Å². The van der Waals surface area contributed by atoms with Gasteiger partial charge < -0.3 is 10.2 Å². The Hall–Kier alpha value is -1.50. The maximum absolute atomic E-state index is 13.6. The van der Waals surface area contributed by atoms with Crippen molar-refractivity contribution in [1.82, 2.24) is 10.2 Å². The molecule has 1 aromatic carbocycles. The summed E-state index contributed by atoms with van der Waals surface area (Å²) in [6.45, 7) is 0.0768. The molecule has 7 heteroatoms. The molecule has 0 saturated carbocycles. The van der Waals surface area contributed by atoms with Gasteiger partial charge in [-0.25, -0.2) is 8.78 Å². The van der Waals surface area contributed by atoms with Gasteiger partial charge in [0.05, 0.1) is 0 Å². The van der Waals surface area contributed by atoms with Crippen LogP contribution in [0.3, 0.4) is 0 Å². The average molecular weight is 335 g/mol. The first-order valence-corrected chi connectivity index (χ1v) is 6.26. The molecular weight excluding hydrogens is 322 g/mol. The van der Waals surface area contributed by atoms with Crippen molar-refractivity contribution < 1.29 is 18.4 Å². The molecule has 4 nitrogen and oxygen atoms in total. The van der Waals surface area contributed by atoms with Gasteiger partial charge in [-0.3, -0.25) is 9.59 Å². The highest BCUT2D eigenvalue weighted by molar-refractivity contribution is 9.10. The largest absolute Gasteiger partial charge is 0.359 e. The lowest BCUT2D eigenvalue weighted by molar-refractivity contribution is -0.120. The fourth-order valence-corrected chi connectivity index (χ4v) is 1.84. The number of carbonyl (C=O) groups is 2. The van der Waals surface area contributed by atoms with Crippen LogP contribution >= 0.6 is 15.9 Å². The minimum absolute atomic E-state index is 0.0680. The summed E-state index contributed by atoms with van der Waals surface area (Å²) < 4.78 is 27.4. The third-order valence-corrected chi connectivity index (χ3v) is 2.98. The Morgan fingerprint density at radius 1 is 1.32 bits per heavy atom. The Morgan fingerprint density at radius 3 is 2.32 bits per heavy atom. The molecule has 0 aliphatic heterocycles. The van der Waals surface area contributed by atoms with Crippen molar-refractivity contribution in [1.29, 1.82) is 0 Å². The summed E-state index contributed by atoms with van der Waals surface area (Å²) in [6, 6.07) is 2.03. The zero-order chi connectivity index (χ0) is 14.6. The van der Waals surface area contributed by atoms with Crippen LogP contribution in [-0.4, -0.2) is 37.4 Å². The summed E-state index contributed by atoms with van der Waals surface area (Å²) in [5.41, 5.74) is -0.623. The first-order valence-electron chi connectivity index (χ1n) is 5.47. The van der Waals surface area contributed by atoms with Crippen molar-refractivity contribution in [3.05, 3.63) is 33.8 Å². The van der Waals surface area contributed by atoms with Crippen molar-refractivity contribution in [2.24, 2.45) is 0 Å². The zero-order valence-electron chi connectivity index (χ0n) is 10.5. The van der Waals surface area contributed by atoms with Gasteiger partial charge in [0, 0.05) is 31.5 Å². The molecule has 0 spiro atoms. The lowest BCUT2D eigenvalue weighted by Gasteiger charge is -2.17. The van der Waals surface area contributed by atoms with E-state index in [2.05, 4.69) is 21.2 Å². The summed E-state index contributed by atoms with van der Waals surface area (Å²) >= 11 is 2.93. The molecule has 0 unspecified atom stereocenters. The molecule has 0 saturated heterocycles. The van der Waals surface area contributed by atoms with E-state index in [-0.39, 0.29) is 23.3 Å². The van der Waals surface area contributed by atoms with Gasteiger partial charge in [0.2, 0.25) is 5.91 Å². The highest BCUT2D eigenvalue weighted by Crippen LogP contribution is 2.20. The van der Waals surface area contributed by atoms with Gasteiger partial charge in [-0.1, -0.05) is 15.9 Å². The molecule has 0 fully saturated rings. The number of rotatable bonds is 4. The van der Waals surface area contributed by atoms with Gasteiger partial charge >= 0.3 is 0 Å². The maximum atomic E-state index is 13.6. The van der Waals surface area contributed by atoms with Gasteiger partial charge in [0.1, 0.15) is 17.2 Å². The van der Waals surface area contributed by atoms with E-state index in [1.54, 1.807) is 0 Å². The molecule has 2 amide bonds. The Labute approximate surface area is 117 Å². The van der Waals surface area contributed by atoms with Crippen molar-refractivity contribution in [2.75, 3.05) is 20.6 Å². The number of nitrogens with zero attached hydrogens (tertiary/aromatic N) is 1. The first kappa shape index (κ1) is 15.6. The Bertz CT molecular complexity index is 485. The second-order valence-electron chi connectivity index (χ2n) is 3.89. The number of benzene rings is 1. The van der Waals surface area contributed by atoms with E-state index < -0.39 is 23.1 Å². The number of carbonyl (C=O) groups excluding carboxylic acids is 2. The molecule has 0 aliphatic rings. The summed E-state index contributed by atoms with van der Waals surface area (Å²) in [7, 11) is 2.85. The molecule has 0 bridgehead atoms. The van der Waals surface area contributed by atoms with E-state index in [0.717, 1.165) is 17.0 Å². The molecule has 0 aromatic heterocycles. The minimum Gasteiger partial charge on any atom is -0.359 e. The second kappa shape index (κ2) is 6.60. The predicted molar refractivity (Wildman–Crippen MR) is 69.7 cm³/mol. The van der Waals surface area contributed by atoms with Gasteiger partial charge in [0.25, 0.3) is 5.91 Å². The van der Waals surface area contributed by atoms with E-state index >= 15 is 0 Å². The highest BCUT2D eigenvalue weighted by Gasteiger charge is 2.21. The van der Waals surface area contributed by atoms with Crippen molar-refractivity contribution >= 4 is 27.7 Å². The van der Waals surface area contributed by atoms with Crippen LogP contribution in [0.25, 0.3) is 0 Å². The van der Waals surface area contributed by atoms with Crippen LogP contribution in [0.5, 0.6) is 0 Å². The molecule has 0 radical (unpaired) electrons. The Morgan fingerprint density at radius 2 is 1.84 bits per heavy atom. The number of amides is 2. The SMILES string of the molecule is CNC(=O)CCN(C)C(=O)c1c(F)cc(Br)cc1F. The number of halogens is 3. The molecule has 1 N–H and O–H groups in total. The van der Waals surface area contributed by atoms with E-state index in [9.17, 15) is 18.4 Å². The Balaban J connectivity index is 2.86. The predicted octanol–water partition coefficient (Wildman–Crippen LogP) is 1.94. The smallest absolute Gasteiger partial charge is 0.259 e. The summed E-state index contributed by atoms with van der Waals surface area (Å²) in [5.74, 6) is -2.94. The lowest BCUT2D eigenvalue weighted by Crippen LogP contribution is -2.32. The van der Waals surface area contributed by atoms with Gasteiger partial charge in [-0.15, -0.1) is 0 Å². The van der Waals surface area contributed by atoms with Crippen LogP contribution in [0, 0.1) is 11.6 Å². The molecule has 104 valence electrons. The van der Waals surface area contributed by atoms with Crippen molar-refractivity contribution in [3.63, 3.8) is 0 Å². The average Bonchev–Trinajstić information content (AvgIpc) is 2.33. The van der Waals surface area contributed by atoms with Crippen molar-refractivity contribution in [2.45, 2.75) is 6.42 Å². The summed E-state index contributed by atoms with van der Waals surface area (Å²) in [5, 5.41) is 2.40. The van der Waals surface area contributed by atoms with Crippen LogP contribution in [0.2, 0.25) is 0 Å². The molecular formula is C12H13BrF2N2O2. The topological polar surface area (TPSA) is 49.4 Å². The fourth-order valence-electron chi connectivity index (χ4n) is 1.43. The van der Waals surface area contributed by atoms with E-state index in [1.165, 1.54) is 14.1 Å². The molecule has 1 rings (SSSR count). The fraction of sp³-hybridized carbons (Fsp3) is 0.333. The zero-order valence-corrected chi connectivity index (χ0v) is 12.1. The normalized spacial score (nSPS) is 10.2. The highest BCUT2D eigenvalue weighted by atomic mass is 79.9. The van der Waals surface area contributed by atoms with Crippen LogP contribution < -0.4 is 5.32 Å². The third-order valence-electron chi connectivity index (χ3n) is 2.52. The van der Waals surface area contributed by atoms with Gasteiger partial charge in [-0.05, 0) is 12.1 Å². The van der Waals surface area contributed by atoms with Gasteiger partial charge in [0.15, 0.2) is 0 Å².